The van der Waals surface area contributed by atoms with E-state index in [-0.39, 0.29) is 6.42 Å². The molecule has 0 amide bonds. The van der Waals surface area contributed by atoms with Gasteiger partial charge in [-0.25, -0.2) is 0 Å². The zero-order valence-corrected chi connectivity index (χ0v) is 10.4. The summed E-state index contributed by atoms with van der Waals surface area (Å²) in [4.78, 5) is 10.3. The summed E-state index contributed by atoms with van der Waals surface area (Å²) in [7, 11) is 0. The second-order valence-corrected chi connectivity index (χ2v) is 4.75. The van der Waals surface area contributed by atoms with Crippen molar-refractivity contribution in [2.75, 3.05) is 11.9 Å². The lowest BCUT2D eigenvalue weighted by molar-refractivity contribution is -0.137. The van der Waals surface area contributed by atoms with Gasteiger partial charge in [0.25, 0.3) is 0 Å². The Morgan fingerprint density at radius 1 is 1.33 bits per heavy atom. The van der Waals surface area contributed by atoms with Crippen molar-refractivity contribution in [2.24, 2.45) is 0 Å². The number of carboxylic acids is 1. The van der Waals surface area contributed by atoms with E-state index in [1.165, 1.54) is 25.7 Å². The lowest BCUT2D eigenvalue weighted by Crippen LogP contribution is -2.07. The monoisotopic (exact) mass is 249 g/mol. The number of nitrogens with zero attached hydrogens (tertiary/aromatic N) is 2. The average molecular weight is 249 g/mol. The zero-order valence-electron chi connectivity index (χ0n) is 10.4. The van der Waals surface area contributed by atoms with Crippen LogP contribution >= 0.6 is 0 Å². The van der Waals surface area contributed by atoms with Gasteiger partial charge in [-0.15, -0.1) is 5.10 Å². The molecule has 0 unspecified atom stereocenters. The van der Waals surface area contributed by atoms with Gasteiger partial charge in [0.05, 0.1) is 5.69 Å². The number of carboxylic acid groups (broad SMARTS) is 1. The molecule has 0 aliphatic heterocycles. The fourth-order valence-electron chi connectivity index (χ4n) is 2.33. The van der Waals surface area contributed by atoms with Gasteiger partial charge in [0.1, 0.15) is 5.82 Å². The number of aromatic nitrogens is 2. The van der Waals surface area contributed by atoms with Crippen LogP contribution in [0.3, 0.4) is 0 Å². The minimum atomic E-state index is -0.764. The van der Waals surface area contributed by atoms with Crippen molar-refractivity contribution >= 4 is 11.8 Å². The van der Waals surface area contributed by atoms with Gasteiger partial charge in [0.2, 0.25) is 0 Å². The minimum absolute atomic E-state index is 0.181. The molecule has 1 heterocycles. The Bertz CT molecular complexity index is 386. The quantitative estimate of drug-likeness (QED) is 0.757. The Labute approximate surface area is 107 Å². The fraction of sp³-hybridized carbons (Fsp3) is 0.615. The van der Waals surface area contributed by atoms with E-state index >= 15 is 0 Å². The number of hydrogen-bond acceptors (Lipinski definition) is 4. The van der Waals surface area contributed by atoms with Crippen LogP contribution in [-0.2, 0) is 4.79 Å². The van der Waals surface area contributed by atoms with Crippen LogP contribution in [-0.4, -0.2) is 27.8 Å². The van der Waals surface area contributed by atoms with Crippen LogP contribution in [0.4, 0.5) is 5.82 Å². The highest BCUT2D eigenvalue weighted by molar-refractivity contribution is 5.66. The Hall–Kier alpha value is -1.65. The van der Waals surface area contributed by atoms with Gasteiger partial charge < -0.3 is 10.4 Å². The zero-order chi connectivity index (χ0) is 12.8. The molecule has 5 nitrogen and oxygen atoms in total. The molecule has 1 aliphatic carbocycles. The molecule has 0 aromatic carbocycles. The Morgan fingerprint density at radius 3 is 2.72 bits per heavy atom. The van der Waals surface area contributed by atoms with E-state index in [0.717, 1.165) is 11.5 Å². The Kier molecular flexibility index (Phi) is 4.50. The lowest BCUT2D eigenvalue weighted by atomic mass is 10.0. The largest absolute Gasteiger partial charge is 0.481 e. The van der Waals surface area contributed by atoms with Crippen molar-refractivity contribution in [3.63, 3.8) is 0 Å². The molecule has 0 spiro atoms. The van der Waals surface area contributed by atoms with Gasteiger partial charge in [0.15, 0.2) is 0 Å². The van der Waals surface area contributed by atoms with E-state index in [9.17, 15) is 4.79 Å². The third kappa shape index (κ3) is 3.68. The van der Waals surface area contributed by atoms with Crippen molar-refractivity contribution < 1.29 is 9.90 Å². The highest BCUT2D eigenvalue weighted by atomic mass is 16.4. The Balaban J connectivity index is 1.78. The maximum absolute atomic E-state index is 10.3. The summed E-state index contributed by atoms with van der Waals surface area (Å²) in [6, 6.07) is 3.96. The summed E-state index contributed by atoms with van der Waals surface area (Å²) < 4.78 is 0. The van der Waals surface area contributed by atoms with Crippen molar-refractivity contribution in [3.05, 3.63) is 17.8 Å². The molecular formula is C13H19N3O2. The van der Waals surface area contributed by atoms with Gasteiger partial charge in [-0.1, -0.05) is 12.8 Å². The van der Waals surface area contributed by atoms with Crippen LogP contribution in [0.5, 0.6) is 0 Å². The second-order valence-electron chi connectivity index (χ2n) is 4.75. The van der Waals surface area contributed by atoms with Crippen molar-refractivity contribution in [3.8, 4) is 0 Å². The molecule has 2 N–H and O–H groups in total. The van der Waals surface area contributed by atoms with Gasteiger partial charge >= 0.3 is 5.97 Å². The highest BCUT2D eigenvalue weighted by Gasteiger charge is 2.18. The summed E-state index contributed by atoms with van der Waals surface area (Å²) in [5.74, 6) is 0.542. The number of rotatable bonds is 6. The maximum Gasteiger partial charge on any atom is 0.303 e. The van der Waals surface area contributed by atoms with Crippen molar-refractivity contribution in [1.29, 1.82) is 0 Å². The first-order valence-electron chi connectivity index (χ1n) is 6.55. The summed E-state index contributed by atoms with van der Waals surface area (Å²) in [6.07, 6.45) is 5.81. The normalized spacial score (nSPS) is 15.8. The maximum atomic E-state index is 10.3. The van der Waals surface area contributed by atoms with Crippen molar-refractivity contribution in [1.82, 2.24) is 10.2 Å². The molecule has 18 heavy (non-hydrogen) atoms. The molecule has 1 fully saturated rings. The average Bonchev–Trinajstić information content (AvgIpc) is 2.89. The highest BCUT2D eigenvalue weighted by Crippen LogP contribution is 2.32. The first-order chi connectivity index (χ1) is 8.75. The summed E-state index contributed by atoms with van der Waals surface area (Å²) in [5, 5.41) is 20.0. The molecule has 1 saturated carbocycles. The third-order valence-electron chi connectivity index (χ3n) is 3.33. The van der Waals surface area contributed by atoms with E-state index in [4.69, 9.17) is 5.11 Å². The number of hydrogen-bond donors (Lipinski definition) is 2. The van der Waals surface area contributed by atoms with Crippen LogP contribution in [0.1, 0.15) is 50.1 Å². The number of carbonyl (C=O) groups is 1. The molecule has 1 aliphatic rings. The molecule has 0 radical (unpaired) electrons. The van der Waals surface area contributed by atoms with Crippen LogP contribution in [0, 0.1) is 0 Å². The number of anilines is 1. The molecule has 1 aromatic rings. The van der Waals surface area contributed by atoms with Crippen LogP contribution in [0.25, 0.3) is 0 Å². The molecule has 0 bridgehead atoms. The third-order valence-corrected chi connectivity index (χ3v) is 3.33. The first-order valence-corrected chi connectivity index (χ1v) is 6.55. The van der Waals surface area contributed by atoms with E-state index in [1.807, 2.05) is 12.1 Å². The predicted octanol–water partition coefficient (Wildman–Crippen LogP) is 2.41. The standard InChI is InChI=1S/C13H19N3O2/c17-13(18)6-3-9-14-12-8-7-11(15-16-12)10-4-1-2-5-10/h7-8,10H,1-6,9H2,(H,14,16)(H,17,18). The molecule has 5 heteroatoms. The van der Waals surface area contributed by atoms with Gasteiger partial charge in [-0.05, 0) is 31.4 Å². The molecule has 1 aromatic heterocycles. The summed E-state index contributed by atoms with van der Waals surface area (Å²) in [6.45, 7) is 0.615. The van der Waals surface area contributed by atoms with Crippen LogP contribution in [0.2, 0.25) is 0 Å². The van der Waals surface area contributed by atoms with Gasteiger partial charge in [-0.2, -0.15) is 5.10 Å². The minimum Gasteiger partial charge on any atom is -0.481 e. The topological polar surface area (TPSA) is 75.1 Å². The summed E-state index contributed by atoms with van der Waals surface area (Å²) >= 11 is 0. The predicted molar refractivity (Wildman–Crippen MR) is 68.6 cm³/mol. The van der Waals surface area contributed by atoms with E-state index < -0.39 is 5.97 Å². The molecular weight excluding hydrogens is 230 g/mol. The smallest absolute Gasteiger partial charge is 0.303 e. The number of aliphatic carboxylic acids is 1. The molecule has 98 valence electrons. The van der Waals surface area contributed by atoms with E-state index in [0.29, 0.717) is 18.9 Å². The fourth-order valence-corrected chi connectivity index (χ4v) is 2.33. The van der Waals surface area contributed by atoms with Crippen LogP contribution < -0.4 is 5.32 Å². The second kappa shape index (κ2) is 6.33. The van der Waals surface area contributed by atoms with Crippen LogP contribution in [0.15, 0.2) is 12.1 Å². The lowest BCUT2D eigenvalue weighted by Gasteiger charge is -2.08. The van der Waals surface area contributed by atoms with Gasteiger partial charge in [-0.3, -0.25) is 4.79 Å². The number of nitrogens with one attached hydrogen (secondary N) is 1. The molecule has 0 atom stereocenters. The molecule has 2 rings (SSSR count). The van der Waals surface area contributed by atoms with E-state index in [2.05, 4.69) is 15.5 Å². The molecule has 0 saturated heterocycles. The summed E-state index contributed by atoms with van der Waals surface area (Å²) in [5.41, 5.74) is 1.09. The Morgan fingerprint density at radius 2 is 2.11 bits per heavy atom. The van der Waals surface area contributed by atoms with Crippen molar-refractivity contribution in [2.45, 2.75) is 44.4 Å². The van der Waals surface area contributed by atoms with E-state index in [1.54, 1.807) is 0 Å². The SMILES string of the molecule is O=C(O)CCCNc1ccc(C2CCCC2)nn1. The van der Waals surface area contributed by atoms with Gasteiger partial charge in [0, 0.05) is 18.9 Å². The first kappa shape index (κ1) is 12.8.